The van der Waals surface area contributed by atoms with E-state index < -0.39 is 10.0 Å². The van der Waals surface area contributed by atoms with Crippen LogP contribution in [0.3, 0.4) is 0 Å². The number of carbonyl (C=O) groups is 1. The van der Waals surface area contributed by atoms with Gasteiger partial charge in [-0.25, -0.2) is 8.42 Å². The van der Waals surface area contributed by atoms with E-state index in [0.29, 0.717) is 30.9 Å². The van der Waals surface area contributed by atoms with Crippen LogP contribution in [0, 0.1) is 0 Å². The van der Waals surface area contributed by atoms with Gasteiger partial charge in [0.15, 0.2) is 0 Å². The minimum absolute atomic E-state index is 0.131. The summed E-state index contributed by atoms with van der Waals surface area (Å²) < 4.78 is 33.8. The van der Waals surface area contributed by atoms with Crippen LogP contribution < -0.4 is 14.4 Å². The van der Waals surface area contributed by atoms with Crippen LogP contribution in [0.25, 0.3) is 0 Å². The molecule has 0 aromatic heterocycles. The Morgan fingerprint density at radius 3 is 2.48 bits per heavy atom. The van der Waals surface area contributed by atoms with Gasteiger partial charge >= 0.3 is 0 Å². The summed E-state index contributed by atoms with van der Waals surface area (Å²) >= 11 is 0. The zero-order valence-corrected chi connectivity index (χ0v) is 16.0. The van der Waals surface area contributed by atoms with E-state index in [0.717, 1.165) is 36.2 Å². The van der Waals surface area contributed by atoms with Gasteiger partial charge in [0.25, 0.3) is 10.0 Å². The van der Waals surface area contributed by atoms with E-state index in [1.165, 1.54) is 0 Å². The largest absolute Gasteiger partial charge is 0.494 e. The van der Waals surface area contributed by atoms with Gasteiger partial charge in [-0.15, -0.1) is 0 Å². The number of nitrogens with one attached hydrogen (secondary N) is 1. The van der Waals surface area contributed by atoms with Crippen LogP contribution in [0.4, 0.5) is 11.4 Å². The number of benzene rings is 2. The van der Waals surface area contributed by atoms with Gasteiger partial charge in [-0.2, -0.15) is 0 Å². The van der Waals surface area contributed by atoms with E-state index in [9.17, 15) is 13.2 Å². The van der Waals surface area contributed by atoms with Crippen molar-refractivity contribution in [2.45, 2.75) is 37.5 Å². The first-order chi connectivity index (χ1) is 13.0. The molecule has 0 unspecified atom stereocenters. The molecule has 2 heterocycles. The van der Waals surface area contributed by atoms with Gasteiger partial charge in [-0.3, -0.25) is 9.52 Å². The third-order valence-electron chi connectivity index (χ3n) is 4.98. The summed E-state index contributed by atoms with van der Waals surface area (Å²) in [7, 11) is -3.71. The lowest BCUT2D eigenvalue weighted by molar-refractivity contribution is -0.119. The van der Waals surface area contributed by atoms with Crippen LogP contribution in [-0.4, -0.2) is 27.5 Å². The Kier molecular flexibility index (Phi) is 4.55. The molecule has 0 aliphatic carbocycles. The quantitative estimate of drug-likeness (QED) is 0.857. The monoisotopic (exact) mass is 386 g/mol. The minimum atomic E-state index is -3.71. The van der Waals surface area contributed by atoms with E-state index in [4.69, 9.17) is 4.74 Å². The number of anilines is 2. The Balaban J connectivity index is 1.65. The minimum Gasteiger partial charge on any atom is -0.494 e. The Labute approximate surface area is 159 Å². The highest BCUT2D eigenvalue weighted by molar-refractivity contribution is 7.92. The van der Waals surface area contributed by atoms with Gasteiger partial charge in [-0.05, 0) is 73.7 Å². The highest BCUT2D eigenvalue weighted by Crippen LogP contribution is 2.37. The van der Waals surface area contributed by atoms with Gasteiger partial charge in [0.05, 0.1) is 17.2 Å². The van der Waals surface area contributed by atoms with Crippen molar-refractivity contribution >= 4 is 27.3 Å². The second-order valence-electron chi connectivity index (χ2n) is 6.80. The number of ether oxygens (including phenoxy) is 1. The van der Waals surface area contributed by atoms with Gasteiger partial charge < -0.3 is 9.64 Å². The summed E-state index contributed by atoms with van der Waals surface area (Å²) in [6.07, 6.45) is 2.67. The molecule has 7 heteroatoms. The zero-order valence-electron chi connectivity index (χ0n) is 15.2. The average molecular weight is 386 g/mol. The predicted octanol–water partition coefficient (Wildman–Crippen LogP) is 3.11. The first-order valence-electron chi connectivity index (χ1n) is 9.20. The summed E-state index contributed by atoms with van der Waals surface area (Å²) in [6, 6.07) is 10.3. The third-order valence-corrected chi connectivity index (χ3v) is 6.34. The fraction of sp³-hybridized carbons (Fsp3) is 0.350. The highest BCUT2D eigenvalue weighted by Gasteiger charge is 2.31. The zero-order chi connectivity index (χ0) is 19.0. The number of hydrogen-bond acceptors (Lipinski definition) is 4. The number of amides is 1. The molecule has 0 spiro atoms. The molecule has 0 saturated carbocycles. The molecule has 2 aromatic rings. The van der Waals surface area contributed by atoms with Gasteiger partial charge in [0, 0.05) is 18.7 Å². The number of aryl methyl sites for hydroxylation is 2. The molecule has 0 saturated heterocycles. The summed E-state index contributed by atoms with van der Waals surface area (Å²) in [5, 5.41) is 0. The standard InChI is InChI=1S/C20H22N2O4S/c1-2-26-17-8-6-16(7-9-17)21-27(24,25)18-12-14-4-3-11-22-19(23)10-5-15(13-18)20(14)22/h6-9,12-13,21H,2-5,10-11H2,1H3. The fourth-order valence-corrected chi connectivity index (χ4v) is 4.94. The summed E-state index contributed by atoms with van der Waals surface area (Å²) in [6.45, 7) is 3.17. The number of carbonyl (C=O) groups excluding carboxylic acids is 1. The Morgan fingerprint density at radius 1 is 1.07 bits per heavy atom. The Morgan fingerprint density at radius 2 is 1.78 bits per heavy atom. The molecule has 2 aliphatic rings. The van der Waals surface area contributed by atoms with Crippen molar-refractivity contribution in [1.29, 1.82) is 0 Å². The summed E-state index contributed by atoms with van der Waals surface area (Å²) in [5.74, 6) is 0.829. The molecular formula is C20H22N2O4S. The maximum Gasteiger partial charge on any atom is 0.261 e. The molecule has 0 bridgehead atoms. The van der Waals surface area contributed by atoms with E-state index in [-0.39, 0.29) is 10.8 Å². The number of hydrogen-bond donors (Lipinski definition) is 1. The average Bonchev–Trinajstić information content (AvgIpc) is 2.66. The van der Waals surface area contributed by atoms with Crippen molar-refractivity contribution in [2.24, 2.45) is 0 Å². The number of sulfonamides is 1. The number of nitrogens with zero attached hydrogens (tertiary/aromatic N) is 1. The first-order valence-corrected chi connectivity index (χ1v) is 10.7. The lowest BCUT2D eigenvalue weighted by Gasteiger charge is -2.35. The topological polar surface area (TPSA) is 75.7 Å². The SMILES string of the molecule is CCOc1ccc(NS(=O)(=O)c2cc3c4c(c2)CCC(=O)N4CCC3)cc1. The van der Waals surface area contributed by atoms with Crippen LogP contribution >= 0.6 is 0 Å². The van der Waals surface area contributed by atoms with Crippen LogP contribution in [0.2, 0.25) is 0 Å². The summed E-state index contributed by atoms with van der Waals surface area (Å²) in [4.78, 5) is 14.2. The molecule has 0 radical (unpaired) electrons. The molecule has 1 N–H and O–H groups in total. The van der Waals surface area contributed by atoms with Gasteiger partial charge in [0.1, 0.15) is 5.75 Å². The van der Waals surface area contributed by atoms with Crippen molar-refractivity contribution in [1.82, 2.24) is 0 Å². The Hall–Kier alpha value is -2.54. The molecule has 27 heavy (non-hydrogen) atoms. The van der Waals surface area contributed by atoms with Crippen LogP contribution in [-0.2, 0) is 27.7 Å². The van der Waals surface area contributed by atoms with Gasteiger partial charge in [-0.1, -0.05) is 0 Å². The highest BCUT2D eigenvalue weighted by atomic mass is 32.2. The smallest absolute Gasteiger partial charge is 0.261 e. The molecule has 2 aromatic carbocycles. The van der Waals surface area contributed by atoms with E-state index in [1.807, 2.05) is 11.8 Å². The molecular weight excluding hydrogens is 364 g/mol. The van der Waals surface area contributed by atoms with Gasteiger partial charge in [0.2, 0.25) is 5.91 Å². The first kappa shape index (κ1) is 17.9. The van der Waals surface area contributed by atoms with Crippen LogP contribution in [0.5, 0.6) is 5.75 Å². The molecule has 142 valence electrons. The van der Waals surface area contributed by atoms with E-state index >= 15 is 0 Å². The second kappa shape index (κ2) is 6.88. The van der Waals surface area contributed by atoms with Crippen LogP contribution in [0.1, 0.15) is 30.9 Å². The second-order valence-corrected chi connectivity index (χ2v) is 8.48. The van der Waals surface area contributed by atoms with Crippen molar-refractivity contribution in [3.8, 4) is 5.75 Å². The molecule has 0 fully saturated rings. The maximum atomic E-state index is 12.9. The van der Waals surface area contributed by atoms with Crippen molar-refractivity contribution in [3.63, 3.8) is 0 Å². The number of rotatable bonds is 5. The van der Waals surface area contributed by atoms with E-state index in [1.54, 1.807) is 36.4 Å². The fourth-order valence-electron chi connectivity index (χ4n) is 3.78. The summed E-state index contributed by atoms with van der Waals surface area (Å²) in [5.41, 5.74) is 3.30. The molecule has 6 nitrogen and oxygen atoms in total. The van der Waals surface area contributed by atoms with E-state index in [2.05, 4.69) is 4.72 Å². The Bertz CT molecular complexity index is 967. The molecule has 0 atom stereocenters. The lowest BCUT2D eigenvalue weighted by Crippen LogP contribution is -2.39. The molecule has 1 amide bonds. The predicted molar refractivity (Wildman–Crippen MR) is 104 cm³/mol. The van der Waals surface area contributed by atoms with Crippen LogP contribution in [0.15, 0.2) is 41.3 Å². The van der Waals surface area contributed by atoms with Crippen molar-refractivity contribution < 1.29 is 17.9 Å². The van der Waals surface area contributed by atoms with Crippen molar-refractivity contribution in [3.05, 3.63) is 47.5 Å². The normalized spacial score (nSPS) is 16.0. The third kappa shape index (κ3) is 3.39. The maximum absolute atomic E-state index is 12.9. The lowest BCUT2D eigenvalue weighted by atomic mass is 9.92. The molecule has 4 rings (SSSR count). The molecule has 2 aliphatic heterocycles. The van der Waals surface area contributed by atoms with Crippen molar-refractivity contribution in [2.75, 3.05) is 22.8 Å².